The number of aromatic nitrogens is 2. The smallest absolute Gasteiger partial charge is 0.229 e. The van der Waals surface area contributed by atoms with Crippen molar-refractivity contribution in [2.24, 2.45) is 4.99 Å². The Hall–Kier alpha value is -3.72. The lowest BCUT2D eigenvalue weighted by Crippen LogP contribution is -2.39. The number of hydrogen-bond donors (Lipinski definition) is 3. The number of methoxy groups -OCH3 is 2. The molecule has 2 aromatic carbocycles. The number of benzene rings is 2. The molecule has 0 radical (unpaired) electrons. The number of nitrogens with zero attached hydrogens (tertiary/aromatic N) is 3. The summed E-state index contributed by atoms with van der Waals surface area (Å²) in [6.45, 7) is 4.37. The number of para-hydroxylation sites is 2. The maximum Gasteiger partial charge on any atom is 0.229 e. The third kappa shape index (κ3) is 7.43. The topological polar surface area (TPSA) is 92.7 Å². The number of nitrogens with one attached hydrogen (secondary N) is 3. The minimum atomic E-state index is 0.361. The van der Waals surface area contributed by atoms with Crippen LogP contribution >= 0.6 is 12.2 Å². The van der Waals surface area contributed by atoms with Crippen molar-refractivity contribution >= 4 is 34.9 Å². The van der Waals surface area contributed by atoms with Crippen LogP contribution in [-0.2, 0) is 6.42 Å². The molecule has 3 rings (SSSR count). The van der Waals surface area contributed by atoms with E-state index in [1.54, 1.807) is 14.2 Å². The highest BCUT2D eigenvalue weighted by Crippen LogP contribution is 2.22. The van der Waals surface area contributed by atoms with Crippen molar-refractivity contribution < 1.29 is 9.47 Å². The molecule has 0 unspecified atom stereocenters. The molecule has 9 heteroatoms. The Morgan fingerprint density at radius 2 is 1.64 bits per heavy atom. The zero-order valence-corrected chi connectivity index (χ0v) is 20.0. The van der Waals surface area contributed by atoms with Gasteiger partial charge < -0.3 is 20.1 Å². The predicted octanol–water partition coefficient (Wildman–Crippen LogP) is 4.11. The Morgan fingerprint density at radius 3 is 2.30 bits per heavy atom. The minimum absolute atomic E-state index is 0.361. The number of thiocarbonyl (C=S) groups is 1. The van der Waals surface area contributed by atoms with Crippen molar-refractivity contribution in [1.29, 1.82) is 0 Å². The van der Waals surface area contributed by atoms with E-state index < -0.39 is 0 Å². The summed E-state index contributed by atoms with van der Waals surface area (Å²) in [4.78, 5) is 13.5. The van der Waals surface area contributed by atoms with Gasteiger partial charge in [-0.1, -0.05) is 24.3 Å². The molecule has 33 heavy (non-hydrogen) atoms. The van der Waals surface area contributed by atoms with Gasteiger partial charge >= 0.3 is 0 Å². The maximum atomic E-state index is 5.51. The second kappa shape index (κ2) is 11.8. The molecule has 3 aromatic rings. The second-order valence-electron chi connectivity index (χ2n) is 7.21. The van der Waals surface area contributed by atoms with E-state index in [1.807, 2.05) is 68.4 Å². The largest absolute Gasteiger partial charge is 0.497 e. The summed E-state index contributed by atoms with van der Waals surface area (Å²) < 4.78 is 10.6. The van der Waals surface area contributed by atoms with Gasteiger partial charge in [-0.25, -0.2) is 9.97 Å². The fourth-order valence-electron chi connectivity index (χ4n) is 3.10. The van der Waals surface area contributed by atoms with Gasteiger partial charge in [-0.05, 0) is 68.4 Å². The van der Waals surface area contributed by atoms with E-state index >= 15 is 0 Å². The molecule has 0 aliphatic carbocycles. The molecule has 0 fully saturated rings. The van der Waals surface area contributed by atoms with Crippen LogP contribution < -0.4 is 25.4 Å². The predicted molar refractivity (Wildman–Crippen MR) is 136 cm³/mol. The third-order valence-corrected chi connectivity index (χ3v) is 4.83. The van der Waals surface area contributed by atoms with Crippen LogP contribution in [0.2, 0.25) is 0 Å². The van der Waals surface area contributed by atoms with Crippen LogP contribution in [0.1, 0.15) is 17.0 Å². The SMILES string of the molecule is COc1ccc(CCN=C(NC(=S)Nc2ccccc2OC)Nc2nc(C)cc(C)n2)cc1. The normalized spacial score (nSPS) is 11.0. The molecule has 172 valence electrons. The molecule has 0 aliphatic rings. The number of rotatable bonds is 7. The van der Waals surface area contributed by atoms with Gasteiger partial charge in [0.25, 0.3) is 0 Å². The Kier molecular flexibility index (Phi) is 8.54. The number of hydrogen-bond acceptors (Lipinski definition) is 6. The quantitative estimate of drug-likeness (QED) is 0.273. The van der Waals surface area contributed by atoms with Crippen molar-refractivity contribution in [3.8, 4) is 11.5 Å². The highest BCUT2D eigenvalue weighted by atomic mass is 32.1. The molecule has 1 aromatic heterocycles. The van der Waals surface area contributed by atoms with Crippen molar-refractivity contribution in [1.82, 2.24) is 15.3 Å². The summed E-state index contributed by atoms with van der Waals surface area (Å²) in [7, 11) is 3.27. The summed E-state index contributed by atoms with van der Waals surface area (Å²) in [6.07, 6.45) is 0.747. The molecular formula is C24H28N6O2S. The Morgan fingerprint density at radius 1 is 0.939 bits per heavy atom. The first-order chi connectivity index (χ1) is 16.0. The zero-order chi connectivity index (χ0) is 23.6. The molecule has 0 saturated heterocycles. The van der Waals surface area contributed by atoms with Crippen LogP contribution in [0.3, 0.4) is 0 Å². The lowest BCUT2D eigenvalue weighted by atomic mass is 10.1. The Bertz CT molecular complexity index is 1100. The molecule has 8 nitrogen and oxygen atoms in total. The highest BCUT2D eigenvalue weighted by molar-refractivity contribution is 7.80. The molecule has 0 bridgehead atoms. The van der Waals surface area contributed by atoms with Crippen molar-refractivity contribution in [3.05, 3.63) is 71.5 Å². The molecular weight excluding hydrogens is 436 g/mol. The number of anilines is 2. The summed E-state index contributed by atoms with van der Waals surface area (Å²) in [5.74, 6) is 2.40. The van der Waals surface area contributed by atoms with Crippen LogP contribution in [0.4, 0.5) is 11.6 Å². The standard InChI is InChI=1S/C24H28N6O2S/c1-16-15-17(2)27-23(26-16)29-22(25-14-13-18-9-11-19(31-3)12-10-18)30-24(33)28-20-7-5-6-8-21(20)32-4/h5-12,15H,13-14H2,1-4H3,(H3,25,26,27,28,29,30,33). The van der Waals surface area contributed by atoms with Gasteiger partial charge in [-0.3, -0.25) is 10.3 Å². The van der Waals surface area contributed by atoms with Crippen LogP contribution in [0.25, 0.3) is 0 Å². The van der Waals surface area contributed by atoms with E-state index in [0.29, 0.717) is 29.3 Å². The number of ether oxygens (including phenoxy) is 2. The monoisotopic (exact) mass is 464 g/mol. The second-order valence-corrected chi connectivity index (χ2v) is 7.62. The fourth-order valence-corrected chi connectivity index (χ4v) is 3.30. The molecule has 0 aliphatic heterocycles. The first-order valence-corrected chi connectivity index (χ1v) is 10.9. The first kappa shape index (κ1) is 23.9. The minimum Gasteiger partial charge on any atom is -0.497 e. The lowest BCUT2D eigenvalue weighted by molar-refractivity contribution is 0.414. The van der Waals surface area contributed by atoms with E-state index in [9.17, 15) is 0 Å². The van der Waals surface area contributed by atoms with Gasteiger partial charge in [0.05, 0.1) is 19.9 Å². The van der Waals surface area contributed by atoms with E-state index in [0.717, 1.165) is 34.8 Å². The van der Waals surface area contributed by atoms with Gasteiger partial charge in [0.2, 0.25) is 11.9 Å². The first-order valence-electron chi connectivity index (χ1n) is 10.4. The van der Waals surface area contributed by atoms with Crippen LogP contribution in [-0.4, -0.2) is 41.8 Å². The van der Waals surface area contributed by atoms with E-state index in [1.165, 1.54) is 0 Å². The highest BCUT2D eigenvalue weighted by Gasteiger charge is 2.09. The van der Waals surface area contributed by atoms with Crippen LogP contribution in [0, 0.1) is 13.8 Å². The van der Waals surface area contributed by atoms with E-state index in [4.69, 9.17) is 21.7 Å². The zero-order valence-electron chi connectivity index (χ0n) is 19.2. The molecule has 3 N–H and O–H groups in total. The van der Waals surface area contributed by atoms with Gasteiger partial charge in [-0.15, -0.1) is 0 Å². The van der Waals surface area contributed by atoms with E-state index in [-0.39, 0.29) is 0 Å². The van der Waals surface area contributed by atoms with Gasteiger partial charge in [0.1, 0.15) is 11.5 Å². The maximum absolute atomic E-state index is 5.51. The molecule has 0 saturated carbocycles. The fraction of sp³-hybridized carbons (Fsp3) is 0.250. The van der Waals surface area contributed by atoms with Crippen molar-refractivity contribution in [2.75, 3.05) is 31.4 Å². The van der Waals surface area contributed by atoms with Crippen LogP contribution in [0.15, 0.2) is 59.6 Å². The van der Waals surface area contributed by atoms with Gasteiger partial charge in [0, 0.05) is 17.9 Å². The molecule has 0 amide bonds. The van der Waals surface area contributed by atoms with Crippen LogP contribution in [0.5, 0.6) is 11.5 Å². The average molecular weight is 465 g/mol. The average Bonchev–Trinajstić information content (AvgIpc) is 2.79. The Balaban J connectivity index is 1.73. The molecule has 1 heterocycles. The lowest BCUT2D eigenvalue weighted by Gasteiger charge is -2.15. The summed E-state index contributed by atoms with van der Waals surface area (Å²) in [5, 5.41) is 9.76. The molecule has 0 spiro atoms. The number of aliphatic imine (C=N–C) groups is 1. The summed E-state index contributed by atoms with van der Waals surface area (Å²) in [5.41, 5.74) is 3.61. The van der Waals surface area contributed by atoms with Crippen molar-refractivity contribution in [3.63, 3.8) is 0 Å². The van der Waals surface area contributed by atoms with E-state index in [2.05, 4.69) is 30.9 Å². The summed E-state index contributed by atoms with van der Waals surface area (Å²) in [6, 6.07) is 17.4. The Labute approximate surface area is 199 Å². The van der Waals surface area contributed by atoms with Gasteiger partial charge in [-0.2, -0.15) is 0 Å². The number of aryl methyl sites for hydroxylation is 2. The third-order valence-electron chi connectivity index (χ3n) is 4.63. The number of guanidine groups is 1. The summed E-state index contributed by atoms with van der Waals surface area (Å²) >= 11 is 5.51. The van der Waals surface area contributed by atoms with Crippen molar-refractivity contribution in [2.45, 2.75) is 20.3 Å². The van der Waals surface area contributed by atoms with Gasteiger partial charge in [0.15, 0.2) is 5.11 Å². The molecule has 0 atom stereocenters.